The topological polar surface area (TPSA) is 88.9 Å². The van der Waals surface area contributed by atoms with Gasteiger partial charge in [0.1, 0.15) is 6.54 Å². The molecule has 0 bridgehead atoms. The number of para-hydroxylation sites is 1. The van der Waals surface area contributed by atoms with Crippen LogP contribution in [0.3, 0.4) is 0 Å². The molecule has 0 saturated heterocycles. The average Bonchev–Trinajstić information content (AvgIpc) is 2.78. The van der Waals surface area contributed by atoms with Crippen molar-refractivity contribution in [2.24, 2.45) is 0 Å². The van der Waals surface area contributed by atoms with E-state index >= 15 is 0 Å². The molecule has 2 N–H and O–H groups in total. The third-order valence-electron chi connectivity index (χ3n) is 2.30. The normalized spacial score (nSPS) is 10.1. The van der Waals surface area contributed by atoms with Crippen molar-refractivity contribution in [3.05, 3.63) is 35.5 Å². The Morgan fingerprint density at radius 1 is 1.30 bits per heavy atom. The van der Waals surface area contributed by atoms with Gasteiger partial charge in [0, 0.05) is 6.92 Å². The molecular weight excluding hydrogens is 282 g/mol. The molecule has 2 amide bonds. The zero-order chi connectivity index (χ0) is 14.5. The van der Waals surface area contributed by atoms with Gasteiger partial charge in [-0.05, 0) is 12.1 Å². The van der Waals surface area contributed by atoms with Crippen molar-refractivity contribution < 1.29 is 9.59 Å². The molecule has 2 aromatic rings. The van der Waals surface area contributed by atoms with Gasteiger partial charge in [0.2, 0.25) is 11.8 Å². The van der Waals surface area contributed by atoms with E-state index in [1.807, 2.05) is 0 Å². The van der Waals surface area contributed by atoms with Gasteiger partial charge in [-0.3, -0.25) is 9.59 Å². The summed E-state index contributed by atoms with van der Waals surface area (Å²) in [7, 11) is 0. The molecule has 0 saturated carbocycles. The van der Waals surface area contributed by atoms with Gasteiger partial charge in [-0.1, -0.05) is 28.9 Å². The first-order valence-electron chi connectivity index (χ1n) is 5.76. The van der Waals surface area contributed by atoms with Crippen molar-refractivity contribution in [1.82, 2.24) is 15.0 Å². The number of amides is 2. The highest BCUT2D eigenvalue weighted by Crippen LogP contribution is 2.20. The largest absolute Gasteiger partial charge is 0.323 e. The van der Waals surface area contributed by atoms with Gasteiger partial charge in [-0.15, -0.1) is 5.10 Å². The molecule has 7 nitrogen and oxygen atoms in total. The molecule has 0 spiro atoms. The van der Waals surface area contributed by atoms with Crippen molar-refractivity contribution in [2.45, 2.75) is 13.5 Å². The molecular formula is C12H12ClN5O2. The third-order valence-corrected chi connectivity index (χ3v) is 2.63. The highest BCUT2D eigenvalue weighted by Gasteiger charge is 2.08. The van der Waals surface area contributed by atoms with Crippen LogP contribution in [0.1, 0.15) is 6.92 Å². The fraction of sp³-hybridized carbons (Fsp3) is 0.167. The number of hydrogen-bond acceptors (Lipinski definition) is 4. The van der Waals surface area contributed by atoms with Gasteiger partial charge in [-0.25, -0.2) is 4.68 Å². The van der Waals surface area contributed by atoms with Crippen LogP contribution in [0.5, 0.6) is 0 Å². The fourth-order valence-corrected chi connectivity index (χ4v) is 1.70. The van der Waals surface area contributed by atoms with E-state index in [2.05, 4.69) is 20.9 Å². The molecule has 0 aliphatic heterocycles. The highest BCUT2D eigenvalue weighted by atomic mass is 35.5. The Bertz CT molecular complexity index is 640. The maximum atomic E-state index is 11.8. The van der Waals surface area contributed by atoms with Crippen LogP contribution in [0.25, 0.3) is 0 Å². The van der Waals surface area contributed by atoms with E-state index in [0.29, 0.717) is 16.5 Å². The SMILES string of the molecule is CC(=O)Nc1cn(CC(=O)Nc2ccccc2Cl)nn1. The molecule has 0 aliphatic carbocycles. The standard InChI is InChI=1S/C12H12ClN5O2/c1-8(19)14-11-6-18(17-16-11)7-12(20)15-10-5-3-2-4-9(10)13/h2-6H,7H2,1H3,(H,14,19)(H,15,20). The van der Waals surface area contributed by atoms with Crippen molar-refractivity contribution >= 4 is 34.9 Å². The molecule has 1 heterocycles. The number of nitrogens with zero attached hydrogens (tertiary/aromatic N) is 3. The Labute approximate surface area is 119 Å². The molecule has 0 aliphatic rings. The lowest BCUT2D eigenvalue weighted by molar-refractivity contribution is -0.117. The molecule has 20 heavy (non-hydrogen) atoms. The van der Waals surface area contributed by atoms with Crippen LogP contribution in [0, 0.1) is 0 Å². The van der Waals surface area contributed by atoms with Gasteiger partial charge in [0.05, 0.1) is 16.9 Å². The van der Waals surface area contributed by atoms with Crippen molar-refractivity contribution in [3.63, 3.8) is 0 Å². The average molecular weight is 294 g/mol. The maximum Gasteiger partial charge on any atom is 0.246 e. The zero-order valence-corrected chi connectivity index (χ0v) is 11.4. The minimum atomic E-state index is -0.294. The van der Waals surface area contributed by atoms with Gasteiger partial charge in [-0.2, -0.15) is 0 Å². The highest BCUT2D eigenvalue weighted by molar-refractivity contribution is 6.33. The van der Waals surface area contributed by atoms with Gasteiger partial charge in [0.15, 0.2) is 5.82 Å². The van der Waals surface area contributed by atoms with Crippen molar-refractivity contribution in [1.29, 1.82) is 0 Å². The number of anilines is 2. The molecule has 104 valence electrons. The van der Waals surface area contributed by atoms with E-state index in [9.17, 15) is 9.59 Å². The minimum Gasteiger partial charge on any atom is -0.323 e. The molecule has 1 aromatic carbocycles. The van der Waals surface area contributed by atoms with Crippen LogP contribution in [0.2, 0.25) is 5.02 Å². The monoisotopic (exact) mass is 293 g/mol. The summed E-state index contributed by atoms with van der Waals surface area (Å²) in [5.41, 5.74) is 0.529. The van der Waals surface area contributed by atoms with E-state index in [-0.39, 0.29) is 18.4 Å². The molecule has 1 aromatic heterocycles. The summed E-state index contributed by atoms with van der Waals surface area (Å²) in [6.45, 7) is 1.33. The van der Waals surface area contributed by atoms with E-state index in [0.717, 1.165) is 0 Å². The van der Waals surface area contributed by atoms with E-state index < -0.39 is 0 Å². The Balaban J connectivity index is 1.96. The molecule has 2 rings (SSSR count). The van der Waals surface area contributed by atoms with E-state index in [1.54, 1.807) is 24.3 Å². The summed E-state index contributed by atoms with van der Waals surface area (Å²) >= 11 is 5.94. The number of halogens is 1. The summed E-state index contributed by atoms with van der Waals surface area (Å²) in [6.07, 6.45) is 1.47. The summed E-state index contributed by atoms with van der Waals surface area (Å²) in [5.74, 6) is -0.252. The zero-order valence-electron chi connectivity index (χ0n) is 10.6. The molecule has 0 fully saturated rings. The molecule has 0 radical (unpaired) electrons. The van der Waals surface area contributed by atoms with Crippen LogP contribution in [-0.4, -0.2) is 26.8 Å². The first kappa shape index (κ1) is 14.0. The second kappa shape index (κ2) is 6.16. The molecule has 8 heteroatoms. The number of benzene rings is 1. The number of carbonyl (C=O) groups excluding carboxylic acids is 2. The lowest BCUT2D eigenvalue weighted by Gasteiger charge is -2.06. The van der Waals surface area contributed by atoms with Crippen LogP contribution in [-0.2, 0) is 16.1 Å². The number of aromatic nitrogens is 3. The second-order valence-electron chi connectivity index (χ2n) is 4.01. The summed E-state index contributed by atoms with van der Waals surface area (Å²) in [4.78, 5) is 22.7. The summed E-state index contributed by atoms with van der Waals surface area (Å²) in [5, 5.41) is 13.0. The molecule has 0 atom stereocenters. The smallest absolute Gasteiger partial charge is 0.246 e. The fourth-order valence-electron chi connectivity index (χ4n) is 1.51. The Morgan fingerprint density at radius 2 is 2.05 bits per heavy atom. The summed E-state index contributed by atoms with van der Waals surface area (Å²) < 4.78 is 1.32. The Hall–Kier alpha value is -2.41. The quantitative estimate of drug-likeness (QED) is 0.894. The van der Waals surface area contributed by atoms with Gasteiger partial charge >= 0.3 is 0 Å². The predicted octanol–water partition coefficient (Wildman–Crippen LogP) is 1.53. The van der Waals surface area contributed by atoms with Crippen LogP contribution >= 0.6 is 11.6 Å². The number of carbonyl (C=O) groups is 2. The van der Waals surface area contributed by atoms with Gasteiger partial charge in [0.25, 0.3) is 0 Å². The number of hydrogen-bond donors (Lipinski definition) is 2. The Morgan fingerprint density at radius 3 is 2.75 bits per heavy atom. The van der Waals surface area contributed by atoms with E-state index in [4.69, 9.17) is 11.6 Å². The summed E-state index contributed by atoms with van der Waals surface area (Å²) in [6, 6.07) is 6.92. The van der Waals surface area contributed by atoms with Gasteiger partial charge < -0.3 is 10.6 Å². The lowest BCUT2D eigenvalue weighted by atomic mass is 10.3. The first-order chi connectivity index (χ1) is 9.54. The van der Waals surface area contributed by atoms with E-state index in [1.165, 1.54) is 17.8 Å². The third kappa shape index (κ3) is 3.79. The van der Waals surface area contributed by atoms with Crippen LogP contribution in [0.4, 0.5) is 11.5 Å². The van der Waals surface area contributed by atoms with Crippen molar-refractivity contribution in [3.8, 4) is 0 Å². The number of nitrogens with one attached hydrogen (secondary N) is 2. The maximum absolute atomic E-state index is 11.8. The van der Waals surface area contributed by atoms with Crippen LogP contribution < -0.4 is 10.6 Å². The minimum absolute atomic E-state index is 0.0300. The second-order valence-corrected chi connectivity index (χ2v) is 4.42. The molecule has 0 unspecified atom stereocenters. The predicted molar refractivity (Wildman–Crippen MR) is 74.4 cm³/mol. The number of rotatable bonds is 4. The van der Waals surface area contributed by atoms with Crippen molar-refractivity contribution in [2.75, 3.05) is 10.6 Å². The lowest BCUT2D eigenvalue weighted by Crippen LogP contribution is -2.19. The first-order valence-corrected chi connectivity index (χ1v) is 6.14. The Kier molecular flexibility index (Phi) is 4.31. The van der Waals surface area contributed by atoms with Crippen LogP contribution in [0.15, 0.2) is 30.5 Å².